The van der Waals surface area contributed by atoms with Crippen LogP contribution in [0, 0.1) is 5.92 Å². The lowest BCUT2D eigenvalue weighted by molar-refractivity contribution is -0.116. The van der Waals surface area contributed by atoms with E-state index in [-0.39, 0.29) is 5.91 Å². The highest BCUT2D eigenvalue weighted by atomic mass is 32.1. The van der Waals surface area contributed by atoms with Gasteiger partial charge in [0, 0.05) is 12.0 Å². The minimum Gasteiger partial charge on any atom is -0.309 e. The zero-order valence-electron chi connectivity index (χ0n) is 15.0. The summed E-state index contributed by atoms with van der Waals surface area (Å²) in [4.78, 5) is 23.1. The summed E-state index contributed by atoms with van der Waals surface area (Å²) in [7, 11) is 0. The van der Waals surface area contributed by atoms with E-state index in [4.69, 9.17) is 9.97 Å². The fourth-order valence-corrected chi connectivity index (χ4v) is 4.02. The van der Waals surface area contributed by atoms with Crippen molar-refractivity contribution in [1.82, 2.24) is 9.97 Å². The highest BCUT2D eigenvalue weighted by Gasteiger charge is 2.23. The Labute approximate surface area is 157 Å². The number of nitrogens with one attached hydrogen (secondary N) is 1. The highest BCUT2D eigenvalue weighted by Crippen LogP contribution is 2.36. The monoisotopic (exact) mass is 363 g/mol. The van der Waals surface area contributed by atoms with E-state index in [0.29, 0.717) is 18.2 Å². The van der Waals surface area contributed by atoms with Crippen LogP contribution in [0.25, 0.3) is 21.8 Å². The Kier molecular flexibility index (Phi) is 4.55. The molecule has 0 bridgehead atoms. The first-order chi connectivity index (χ1) is 12.6. The molecule has 2 aromatic heterocycles. The summed E-state index contributed by atoms with van der Waals surface area (Å²) in [5.41, 5.74) is 5.12. The lowest BCUT2D eigenvalue weighted by atomic mass is 9.92. The van der Waals surface area contributed by atoms with Crippen LogP contribution in [0.1, 0.15) is 31.5 Å². The van der Waals surface area contributed by atoms with E-state index in [0.717, 1.165) is 40.4 Å². The van der Waals surface area contributed by atoms with Crippen LogP contribution < -0.4 is 5.32 Å². The van der Waals surface area contributed by atoms with Crippen LogP contribution in [0.4, 0.5) is 5.82 Å². The second-order valence-corrected chi connectivity index (χ2v) is 7.94. The number of rotatable bonds is 4. The Morgan fingerprint density at radius 2 is 1.96 bits per heavy atom. The molecule has 4 rings (SSSR count). The number of anilines is 1. The van der Waals surface area contributed by atoms with E-state index in [1.165, 1.54) is 5.56 Å². The molecule has 26 heavy (non-hydrogen) atoms. The maximum Gasteiger partial charge on any atom is 0.225 e. The predicted octanol–water partition coefficient (Wildman–Crippen LogP) is 4.96. The molecule has 0 radical (unpaired) electrons. The minimum absolute atomic E-state index is 0.0109. The van der Waals surface area contributed by atoms with Gasteiger partial charge >= 0.3 is 0 Å². The Hall–Kier alpha value is -2.53. The average Bonchev–Trinajstić information content (AvgIpc) is 3.14. The lowest BCUT2D eigenvalue weighted by Gasteiger charge is -2.20. The Balaban J connectivity index is 1.81. The van der Waals surface area contributed by atoms with Crippen LogP contribution in [0.5, 0.6) is 0 Å². The third-order valence-electron chi connectivity index (χ3n) is 4.48. The van der Waals surface area contributed by atoms with Gasteiger partial charge in [0.15, 0.2) is 5.82 Å². The molecule has 1 aromatic carbocycles. The molecule has 0 aliphatic heterocycles. The topological polar surface area (TPSA) is 54.9 Å². The molecule has 1 N–H and O–H groups in total. The summed E-state index contributed by atoms with van der Waals surface area (Å²) in [6.07, 6.45) is 2.28. The summed E-state index contributed by atoms with van der Waals surface area (Å²) in [5.74, 6) is 0.872. The Morgan fingerprint density at radius 3 is 2.73 bits per heavy atom. The molecule has 5 heteroatoms. The van der Waals surface area contributed by atoms with Gasteiger partial charge in [-0.25, -0.2) is 9.97 Å². The summed E-state index contributed by atoms with van der Waals surface area (Å²) in [5, 5.41) is 5.02. The van der Waals surface area contributed by atoms with E-state index in [1.807, 2.05) is 37.4 Å². The number of benzene rings is 1. The van der Waals surface area contributed by atoms with Gasteiger partial charge in [-0.2, -0.15) is 0 Å². The SMILES string of the molecule is CC(C)CC(=O)Nc1nc2c(nc1-c1cccs1)-c1ccccc1CC2. The second-order valence-electron chi connectivity index (χ2n) is 7.00. The van der Waals surface area contributed by atoms with Crippen molar-refractivity contribution in [3.63, 3.8) is 0 Å². The third-order valence-corrected chi connectivity index (χ3v) is 5.35. The van der Waals surface area contributed by atoms with Crippen molar-refractivity contribution >= 4 is 23.1 Å². The summed E-state index contributed by atoms with van der Waals surface area (Å²) < 4.78 is 0. The molecule has 1 aliphatic rings. The number of hydrogen-bond donors (Lipinski definition) is 1. The maximum atomic E-state index is 12.3. The molecule has 0 atom stereocenters. The number of thiophene rings is 1. The fourth-order valence-electron chi connectivity index (χ4n) is 3.31. The summed E-state index contributed by atoms with van der Waals surface area (Å²) in [6, 6.07) is 12.4. The van der Waals surface area contributed by atoms with Gasteiger partial charge in [-0.1, -0.05) is 44.2 Å². The average molecular weight is 363 g/mol. The van der Waals surface area contributed by atoms with Crippen molar-refractivity contribution in [3.05, 3.63) is 53.0 Å². The molecular weight excluding hydrogens is 342 g/mol. The molecule has 1 amide bonds. The fraction of sp³-hybridized carbons (Fsp3) is 0.286. The van der Waals surface area contributed by atoms with Crippen LogP contribution in [-0.2, 0) is 17.6 Å². The second kappa shape index (κ2) is 7.00. The standard InChI is InChI=1S/C21H21N3OS/c1-13(2)12-18(25)23-21-20(17-8-5-11-26-17)24-19-15-7-4-3-6-14(15)9-10-16(19)22-21/h3-8,11,13H,9-10,12H2,1-2H3,(H,22,23,25). The normalized spacial score (nSPS) is 12.6. The van der Waals surface area contributed by atoms with Crippen molar-refractivity contribution in [2.75, 3.05) is 5.32 Å². The van der Waals surface area contributed by atoms with Gasteiger partial charge in [-0.15, -0.1) is 11.3 Å². The molecule has 3 aromatic rings. The number of aromatic nitrogens is 2. The smallest absolute Gasteiger partial charge is 0.225 e. The number of hydrogen-bond acceptors (Lipinski definition) is 4. The van der Waals surface area contributed by atoms with E-state index in [1.54, 1.807) is 11.3 Å². The van der Waals surface area contributed by atoms with Crippen LogP contribution in [0.3, 0.4) is 0 Å². The van der Waals surface area contributed by atoms with Crippen molar-refractivity contribution in [2.24, 2.45) is 5.92 Å². The van der Waals surface area contributed by atoms with Gasteiger partial charge in [-0.3, -0.25) is 4.79 Å². The van der Waals surface area contributed by atoms with Gasteiger partial charge in [0.05, 0.1) is 16.3 Å². The molecule has 4 nitrogen and oxygen atoms in total. The van der Waals surface area contributed by atoms with Gasteiger partial charge in [0.1, 0.15) is 5.69 Å². The van der Waals surface area contributed by atoms with Crippen molar-refractivity contribution in [1.29, 1.82) is 0 Å². The Bertz CT molecular complexity index is 948. The zero-order chi connectivity index (χ0) is 18.1. The van der Waals surface area contributed by atoms with Crippen LogP contribution >= 0.6 is 11.3 Å². The largest absolute Gasteiger partial charge is 0.309 e. The quantitative estimate of drug-likeness (QED) is 0.713. The number of nitrogens with zero attached hydrogens (tertiary/aromatic N) is 2. The first-order valence-electron chi connectivity index (χ1n) is 8.94. The first kappa shape index (κ1) is 16.9. The molecule has 0 saturated carbocycles. The van der Waals surface area contributed by atoms with E-state index >= 15 is 0 Å². The van der Waals surface area contributed by atoms with Crippen molar-refractivity contribution in [2.45, 2.75) is 33.1 Å². The van der Waals surface area contributed by atoms with Crippen molar-refractivity contribution in [3.8, 4) is 21.8 Å². The van der Waals surface area contributed by atoms with Gasteiger partial charge < -0.3 is 5.32 Å². The molecular formula is C21H21N3OS. The van der Waals surface area contributed by atoms with Crippen LogP contribution in [0.2, 0.25) is 0 Å². The molecule has 0 saturated heterocycles. The van der Waals surface area contributed by atoms with Gasteiger partial charge in [-0.05, 0) is 35.8 Å². The minimum atomic E-state index is -0.0109. The molecule has 0 spiro atoms. The first-order valence-corrected chi connectivity index (χ1v) is 9.82. The van der Waals surface area contributed by atoms with E-state index < -0.39 is 0 Å². The number of carbonyl (C=O) groups excluding carboxylic acids is 1. The van der Waals surface area contributed by atoms with Crippen LogP contribution in [0.15, 0.2) is 41.8 Å². The van der Waals surface area contributed by atoms with Gasteiger partial charge in [0.2, 0.25) is 5.91 Å². The molecule has 2 heterocycles. The molecule has 0 unspecified atom stereocenters. The maximum absolute atomic E-state index is 12.3. The zero-order valence-corrected chi connectivity index (χ0v) is 15.8. The van der Waals surface area contributed by atoms with Gasteiger partial charge in [0.25, 0.3) is 0 Å². The number of amides is 1. The Morgan fingerprint density at radius 1 is 1.12 bits per heavy atom. The van der Waals surface area contributed by atoms with E-state index in [9.17, 15) is 4.79 Å². The van der Waals surface area contributed by atoms with E-state index in [2.05, 4.69) is 23.5 Å². The summed E-state index contributed by atoms with van der Waals surface area (Å²) in [6.45, 7) is 4.07. The third kappa shape index (κ3) is 3.27. The lowest BCUT2D eigenvalue weighted by Crippen LogP contribution is -2.18. The highest BCUT2D eigenvalue weighted by molar-refractivity contribution is 7.13. The molecule has 132 valence electrons. The van der Waals surface area contributed by atoms with Crippen LogP contribution in [-0.4, -0.2) is 15.9 Å². The number of aryl methyl sites for hydroxylation is 2. The predicted molar refractivity (Wildman–Crippen MR) is 106 cm³/mol. The summed E-state index contributed by atoms with van der Waals surface area (Å²) >= 11 is 1.61. The molecule has 0 fully saturated rings. The number of fused-ring (bicyclic) bond motifs is 3. The molecule has 1 aliphatic carbocycles. The number of carbonyl (C=O) groups is 1. The van der Waals surface area contributed by atoms with Crippen molar-refractivity contribution < 1.29 is 4.79 Å².